The third-order valence-corrected chi connectivity index (χ3v) is 1.46. The van der Waals surface area contributed by atoms with Crippen molar-refractivity contribution in [2.75, 3.05) is 5.73 Å². The molecule has 0 bridgehead atoms. The first-order valence-corrected chi connectivity index (χ1v) is 4.48. The van der Waals surface area contributed by atoms with Gasteiger partial charge in [-0.2, -0.15) is 5.10 Å². The highest BCUT2D eigenvalue weighted by atomic mass is 31.2. The number of hydrogen-bond donors (Lipinski definition) is 3. The first kappa shape index (κ1) is 9.21. The summed E-state index contributed by atoms with van der Waals surface area (Å²) in [4.78, 5) is 16.6. The Kier molecular flexibility index (Phi) is 2.49. The molecule has 8 heteroatoms. The highest BCUT2D eigenvalue weighted by molar-refractivity contribution is 7.46. The molecule has 0 radical (unpaired) electrons. The van der Waals surface area contributed by atoms with Crippen molar-refractivity contribution in [1.29, 1.82) is 0 Å². The zero-order chi connectivity index (χ0) is 9.19. The molecule has 4 N–H and O–H groups in total. The van der Waals surface area contributed by atoms with Crippen molar-refractivity contribution in [2.24, 2.45) is 0 Å². The molecular formula is C4H8N3O4P. The van der Waals surface area contributed by atoms with Gasteiger partial charge in [-0.1, -0.05) is 0 Å². The summed E-state index contributed by atoms with van der Waals surface area (Å²) < 4.78 is 15.5. The zero-order valence-electron chi connectivity index (χ0n) is 5.99. The Morgan fingerprint density at radius 3 is 2.83 bits per heavy atom. The summed E-state index contributed by atoms with van der Waals surface area (Å²) in [6.07, 6.45) is 2.75. The summed E-state index contributed by atoms with van der Waals surface area (Å²) >= 11 is 0. The van der Waals surface area contributed by atoms with E-state index in [1.54, 1.807) is 0 Å². The van der Waals surface area contributed by atoms with Crippen molar-refractivity contribution < 1.29 is 18.9 Å². The van der Waals surface area contributed by atoms with Crippen LogP contribution in [0.15, 0.2) is 12.4 Å². The van der Waals surface area contributed by atoms with Gasteiger partial charge in [-0.05, 0) is 0 Å². The second-order valence-electron chi connectivity index (χ2n) is 2.06. The quantitative estimate of drug-likeness (QED) is 0.559. The van der Waals surface area contributed by atoms with Crippen LogP contribution in [-0.4, -0.2) is 19.6 Å². The molecule has 0 amide bonds. The van der Waals surface area contributed by atoms with Gasteiger partial charge in [0.2, 0.25) is 0 Å². The van der Waals surface area contributed by atoms with E-state index in [1.165, 1.54) is 17.1 Å². The molecule has 0 fully saturated rings. The molecule has 1 rings (SSSR count). The van der Waals surface area contributed by atoms with Gasteiger partial charge in [0.05, 0.1) is 18.1 Å². The highest BCUT2D eigenvalue weighted by Gasteiger charge is 2.13. The van der Waals surface area contributed by atoms with Crippen LogP contribution in [0.5, 0.6) is 0 Å². The van der Waals surface area contributed by atoms with Gasteiger partial charge in [0.25, 0.3) is 0 Å². The monoisotopic (exact) mass is 193 g/mol. The van der Waals surface area contributed by atoms with Crippen molar-refractivity contribution >= 4 is 13.5 Å². The molecule has 12 heavy (non-hydrogen) atoms. The lowest BCUT2D eigenvalue weighted by Crippen LogP contribution is -2.01. The first-order chi connectivity index (χ1) is 5.47. The van der Waals surface area contributed by atoms with Gasteiger partial charge in [-0.15, -0.1) is 0 Å². The Hall–Kier alpha value is -0.880. The molecule has 0 aliphatic rings. The molecule has 0 saturated heterocycles. The van der Waals surface area contributed by atoms with E-state index in [-0.39, 0.29) is 6.73 Å². The lowest BCUT2D eigenvalue weighted by molar-refractivity contribution is 0.145. The number of rotatable bonds is 3. The van der Waals surface area contributed by atoms with Crippen molar-refractivity contribution in [3.63, 3.8) is 0 Å². The van der Waals surface area contributed by atoms with Crippen molar-refractivity contribution in [3.05, 3.63) is 12.4 Å². The van der Waals surface area contributed by atoms with Gasteiger partial charge in [-0.3, -0.25) is 4.52 Å². The lowest BCUT2D eigenvalue weighted by Gasteiger charge is -2.03. The number of nitrogen functional groups attached to an aromatic ring is 1. The molecule has 68 valence electrons. The van der Waals surface area contributed by atoms with E-state index < -0.39 is 7.82 Å². The minimum Gasteiger partial charge on any atom is -0.396 e. The average molecular weight is 193 g/mol. The molecule has 0 aliphatic carbocycles. The summed E-state index contributed by atoms with van der Waals surface area (Å²) in [6, 6.07) is 0. The number of hydrogen-bond acceptors (Lipinski definition) is 4. The zero-order valence-corrected chi connectivity index (χ0v) is 6.89. The normalized spacial score (nSPS) is 11.8. The number of anilines is 1. The van der Waals surface area contributed by atoms with E-state index in [9.17, 15) is 4.57 Å². The number of phosphoric ester groups is 1. The largest absolute Gasteiger partial charge is 0.471 e. The molecular weight excluding hydrogens is 185 g/mol. The minimum atomic E-state index is -4.42. The Bertz CT molecular complexity index is 305. The Labute approximate surface area is 68.0 Å². The molecule has 0 aliphatic heterocycles. The number of nitrogens with zero attached hydrogens (tertiary/aromatic N) is 2. The van der Waals surface area contributed by atoms with Crippen molar-refractivity contribution in [3.8, 4) is 0 Å². The summed E-state index contributed by atoms with van der Waals surface area (Å²) in [5, 5.41) is 3.64. The standard InChI is InChI=1S/C4H8N3O4P/c5-4-1-6-7(2-4)3-11-12(8,9)10/h1-2H,3,5H2,(H2,8,9,10). The lowest BCUT2D eigenvalue weighted by atomic mass is 10.6. The van der Waals surface area contributed by atoms with Gasteiger partial charge in [0.15, 0.2) is 6.73 Å². The van der Waals surface area contributed by atoms with Gasteiger partial charge < -0.3 is 15.5 Å². The summed E-state index contributed by atoms with van der Waals surface area (Å²) in [5.74, 6) is 0. The van der Waals surface area contributed by atoms with Gasteiger partial charge in [-0.25, -0.2) is 9.25 Å². The third-order valence-electron chi connectivity index (χ3n) is 1.01. The van der Waals surface area contributed by atoms with E-state index in [1.807, 2.05) is 0 Å². The molecule has 0 atom stereocenters. The van der Waals surface area contributed by atoms with Crippen LogP contribution >= 0.6 is 7.82 Å². The van der Waals surface area contributed by atoms with Crippen LogP contribution in [0.2, 0.25) is 0 Å². The van der Waals surface area contributed by atoms with Crippen LogP contribution in [0.4, 0.5) is 5.69 Å². The second-order valence-corrected chi connectivity index (χ2v) is 3.30. The van der Waals surface area contributed by atoms with E-state index in [0.717, 1.165) is 0 Å². The predicted molar refractivity (Wildman–Crippen MR) is 39.8 cm³/mol. The fourth-order valence-electron chi connectivity index (χ4n) is 0.585. The summed E-state index contributed by atoms with van der Waals surface area (Å²) in [7, 11) is -4.42. The Balaban J connectivity index is 2.49. The first-order valence-electron chi connectivity index (χ1n) is 2.95. The van der Waals surface area contributed by atoms with Crippen LogP contribution < -0.4 is 5.73 Å². The van der Waals surface area contributed by atoms with E-state index in [0.29, 0.717) is 5.69 Å². The van der Waals surface area contributed by atoms with Crippen molar-refractivity contribution in [2.45, 2.75) is 6.73 Å². The maximum atomic E-state index is 10.2. The van der Waals surface area contributed by atoms with Crippen LogP contribution in [0.3, 0.4) is 0 Å². The predicted octanol–water partition coefficient (Wildman–Crippen LogP) is -0.468. The number of phosphoric acid groups is 1. The summed E-state index contributed by atoms with van der Waals surface area (Å²) in [6.45, 7) is -0.318. The van der Waals surface area contributed by atoms with Crippen LogP contribution in [-0.2, 0) is 15.8 Å². The Morgan fingerprint density at radius 2 is 2.42 bits per heavy atom. The van der Waals surface area contributed by atoms with E-state index >= 15 is 0 Å². The minimum absolute atomic E-state index is 0.318. The maximum absolute atomic E-state index is 10.2. The van der Waals surface area contributed by atoms with Crippen molar-refractivity contribution in [1.82, 2.24) is 9.78 Å². The molecule has 0 saturated carbocycles. The average Bonchev–Trinajstić information content (AvgIpc) is 2.30. The van der Waals surface area contributed by atoms with Crippen LogP contribution in [0.1, 0.15) is 0 Å². The molecule has 1 heterocycles. The fraction of sp³-hybridized carbons (Fsp3) is 0.250. The maximum Gasteiger partial charge on any atom is 0.471 e. The SMILES string of the molecule is Nc1cnn(COP(=O)(O)O)c1. The number of nitrogens with two attached hydrogens (primary N) is 1. The molecule has 7 nitrogen and oxygen atoms in total. The molecule has 0 spiro atoms. The van der Waals surface area contributed by atoms with E-state index in [2.05, 4.69) is 9.62 Å². The van der Waals surface area contributed by atoms with Gasteiger partial charge >= 0.3 is 7.82 Å². The van der Waals surface area contributed by atoms with Crippen LogP contribution in [0, 0.1) is 0 Å². The molecule has 0 unspecified atom stereocenters. The smallest absolute Gasteiger partial charge is 0.396 e. The molecule has 1 aromatic rings. The third kappa shape index (κ3) is 3.02. The number of aromatic nitrogens is 2. The molecule has 1 aromatic heterocycles. The second kappa shape index (κ2) is 3.24. The van der Waals surface area contributed by atoms with Gasteiger partial charge in [0, 0.05) is 0 Å². The topological polar surface area (TPSA) is 111 Å². The molecule has 0 aromatic carbocycles. The summed E-state index contributed by atoms with van der Waals surface area (Å²) in [5.41, 5.74) is 5.69. The van der Waals surface area contributed by atoms with Crippen LogP contribution in [0.25, 0.3) is 0 Å². The van der Waals surface area contributed by atoms with Gasteiger partial charge in [0.1, 0.15) is 0 Å². The fourth-order valence-corrected chi connectivity index (χ4v) is 0.853. The van der Waals surface area contributed by atoms with E-state index in [4.69, 9.17) is 15.5 Å². The Morgan fingerprint density at radius 1 is 1.75 bits per heavy atom. The highest BCUT2D eigenvalue weighted by Crippen LogP contribution is 2.35.